The van der Waals surface area contributed by atoms with Crippen LogP contribution >= 0.6 is 0 Å². The van der Waals surface area contributed by atoms with Gasteiger partial charge in [0.15, 0.2) is 0 Å². The minimum absolute atomic E-state index is 0.249. The van der Waals surface area contributed by atoms with Crippen molar-refractivity contribution in [1.82, 2.24) is 0 Å². The summed E-state index contributed by atoms with van der Waals surface area (Å²) in [4.78, 5) is 11.8. The standard InChI is InChI=1S/C12H22O4/c1-4-12(2,3)11(15)16-10-6-8(13)5-9(14)7-10/h8-10,13-14H,4-7H2,1-3H3. The second-order valence-electron chi connectivity index (χ2n) is 5.28. The fraction of sp³-hybridized carbons (Fsp3) is 0.917. The molecule has 2 N–H and O–H groups in total. The van der Waals surface area contributed by atoms with E-state index in [0.29, 0.717) is 25.7 Å². The number of aliphatic hydroxyl groups excluding tert-OH is 2. The molecule has 0 heterocycles. The van der Waals surface area contributed by atoms with Gasteiger partial charge in [-0.3, -0.25) is 4.79 Å². The average molecular weight is 230 g/mol. The lowest BCUT2D eigenvalue weighted by Crippen LogP contribution is -2.38. The lowest BCUT2D eigenvalue weighted by atomic mass is 9.89. The Morgan fingerprint density at radius 3 is 2.19 bits per heavy atom. The molecule has 1 aliphatic carbocycles. The number of aliphatic hydroxyl groups is 2. The first-order valence-electron chi connectivity index (χ1n) is 5.92. The third-order valence-electron chi connectivity index (χ3n) is 3.32. The first-order chi connectivity index (χ1) is 7.35. The third-order valence-corrected chi connectivity index (χ3v) is 3.32. The first-order valence-corrected chi connectivity index (χ1v) is 5.92. The maximum absolute atomic E-state index is 11.8. The fourth-order valence-electron chi connectivity index (χ4n) is 1.76. The van der Waals surface area contributed by atoms with Gasteiger partial charge in [-0.05, 0) is 26.7 Å². The summed E-state index contributed by atoms with van der Waals surface area (Å²) in [6.07, 6.45) is 0.481. The molecule has 1 fully saturated rings. The van der Waals surface area contributed by atoms with E-state index in [1.54, 1.807) is 0 Å². The van der Waals surface area contributed by atoms with Crippen molar-refractivity contribution < 1.29 is 19.7 Å². The molecular formula is C12H22O4. The molecule has 0 bridgehead atoms. The van der Waals surface area contributed by atoms with Crippen molar-refractivity contribution in [2.75, 3.05) is 0 Å². The molecular weight excluding hydrogens is 208 g/mol. The van der Waals surface area contributed by atoms with Crippen molar-refractivity contribution in [3.8, 4) is 0 Å². The minimum atomic E-state index is -0.564. The molecule has 2 unspecified atom stereocenters. The molecule has 1 saturated carbocycles. The molecule has 4 heteroatoms. The van der Waals surface area contributed by atoms with E-state index in [4.69, 9.17) is 4.74 Å². The number of hydrogen-bond donors (Lipinski definition) is 2. The Morgan fingerprint density at radius 2 is 1.75 bits per heavy atom. The van der Waals surface area contributed by atoms with Crippen LogP contribution in [0.15, 0.2) is 0 Å². The monoisotopic (exact) mass is 230 g/mol. The topological polar surface area (TPSA) is 66.8 Å². The van der Waals surface area contributed by atoms with Gasteiger partial charge in [-0.15, -0.1) is 0 Å². The van der Waals surface area contributed by atoms with Crippen LogP contribution in [0, 0.1) is 5.41 Å². The Balaban J connectivity index is 2.51. The molecule has 0 aromatic heterocycles. The second kappa shape index (κ2) is 5.15. The summed E-state index contributed by atoms with van der Waals surface area (Å²) >= 11 is 0. The molecule has 0 radical (unpaired) electrons. The van der Waals surface area contributed by atoms with Crippen LogP contribution in [0.4, 0.5) is 0 Å². The zero-order valence-electron chi connectivity index (χ0n) is 10.3. The van der Waals surface area contributed by atoms with E-state index in [-0.39, 0.29) is 12.1 Å². The van der Waals surface area contributed by atoms with Crippen molar-refractivity contribution in [3.63, 3.8) is 0 Å². The van der Waals surface area contributed by atoms with Crippen LogP contribution in [0.2, 0.25) is 0 Å². The van der Waals surface area contributed by atoms with Gasteiger partial charge in [-0.1, -0.05) is 6.92 Å². The van der Waals surface area contributed by atoms with Gasteiger partial charge in [-0.2, -0.15) is 0 Å². The van der Waals surface area contributed by atoms with Crippen molar-refractivity contribution in [3.05, 3.63) is 0 Å². The third kappa shape index (κ3) is 3.46. The molecule has 0 aliphatic heterocycles. The van der Waals surface area contributed by atoms with E-state index in [2.05, 4.69) is 0 Å². The Morgan fingerprint density at radius 1 is 1.25 bits per heavy atom. The van der Waals surface area contributed by atoms with Crippen LogP contribution < -0.4 is 0 Å². The number of ether oxygens (including phenoxy) is 1. The van der Waals surface area contributed by atoms with Crippen molar-refractivity contribution in [2.45, 2.75) is 64.8 Å². The van der Waals surface area contributed by atoms with Crippen molar-refractivity contribution in [1.29, 1.82) is 0 Å². The first kappa shape index (κ1) is 13.5. The zero-order chi connectivity index (χ0) is 12.3. The highest BCUT2D eigenvalue weighted by molar-refractivity contribution is 5.76. The quantitative estimate of drug-likeness (QED) is 0.716. The Labute approximate surface area is 96.6 Å². The molecule has 0 aromatic rings. The highest BCUT2D eigenvalue weighted by atomic mass is 16.5. The summed E-state index contributed by atoms with van der Waals surface area (Å²) in [5.74, 6) is -0.249. The van der Waals surface area contributed by atoms with E-state index in [1.165, 1.54) is 0 Å². The molecule has 94 valence electrons. The number of esters is 1. The summed E-state index contributed by atoms with van der Waals surface area (Å²) in [5.41, 5.74) is -0.493. The maximum Gasteiger partial charge on any atom is 0.311 e. The van der Waals surface area contributed by atoms with Crippen LogP contribution in [-0.2, 0) is 9.53 Å². The molecule has 1 aliphatic rings. The van der Waals surface area contributed by atoms with E-state index < -0.39 is 17.6 Å². The largest absolute Gasteiger partial charge is 0.462 e. The lowest BCUT2D eigenvalue weighted by molar-refractivity contribution is -0.165. The van der Waals surface area contributed by atoms with Gasteiger partial charge < -0.3 is 14.9 Å². The second-order valence-corrected chi connectivity index (χ2v) is 5.28. The summed E-state index contributed by atoms with van der Waals surface area (Å²) in [5, 5.41) is 18.9. The molecule has 0 aromatic carbocycles. The van der Waals surface area contributed by atoms with Crippen LogP contribution in [0.3, 0.4) is 0 Å². The Bertz CT molecular complexity index is 239. The van der Waals surface area contributed by atoms with Gasteiger partial charge >= 0.3 is 5.97 Å². The van der Waals surface area contributed by atoms with Crippen molar-refractivity contribution >= 4 is 5.97 Å². The normalized spacial score (nSPS) is 31.2. The molecule has 0 spiro atoms. The van der Waals surface area contributed by atoms with Gasteiger partial charge in [0.2, 0.25) is 0 Å². The van der Waals surface area contributed by atoms with Crippen molar-refractivity contribution in [2.24, 2.45) is 5.41 Å². The van der Waals surface area contributed by atoms with Crippen LogP contribution in [0.25, 0.3) is 0 Å². The minimum Gasteiger partial charge on any atom is -0.462 e. The summed E-state index contributed by atoms with van der Waals surface area (Å²) < 4.78 is 5.33. The van der Waals surface area contributed by atoms with Crippen LogP contribution in [-0.4, -0.2) is 34.5 Å². The number of hydrogen-bond acceptors (Lipinski definition) is 4. The highest BCUT2D eigenvalue weighted by Gasteiger charge is 2.33. The fourth-order valence-corrected chi connectivity index (χ4v) is 1.76. The molecule has 0 saturated heterocycles. The molecule has 2 atom stereocenters. The van der Waals surface area contributed by atoms with Gasteiger partial charge in [0.05, 0.1) is 17.6 Å². The number of rotatable bonds is 3. The van der Waals surface area contributed by atoms with Gasteiger partial charge in [0, 0.05) is 12.8 Å². The predicted octanol–water partition coefficient (Wildman–Crippen LogP) is 1.24. The summed E-state index contributed by atoms with van der Waals surface area (Å²) in [6, 6.07) is 0. The molecule has 0 amide bonds. The molecule has 1 rings (SSSR count). The summed E-state index contributed by atoms with van der Waals surface area (Å²) in [7, 11) is 0. The van der Waals surface area contributed by atoms with Crippen LogP contribution in [0.5, 0.6) is 0 Å². The smallest absolute Gasteiger partial charge is 0.311 e. The van der Waals surface area contributed by atoms with Gasteiger partial charge in [0.25, 0.3) is 0 Å². The predicted molar refractivity (Wildman–Crippen MR) is 59.8 cm³/mol. The van der Waals surface area contributed by atoms with E-state index in [9.17, 15) is 15.0 Å². The summed E-state index contributed by atoms with van der Waals surface area (Å²) in [6.45, 7) is 5.61. The van der Waals surface area contributed by atoms with E-state index in [0.717, 1.165) is 0 Å². The Kier molecular flexibility index (Phi) is 4.33. The van der Waals surface area contributed by atoms with E-state index >= 15 is 0 Å². The molecule has 16 heavy (non-hydrogen) atoms. The van der Waals surface area contributed by atoms with Crippen LogP contribution in [0.1, 0.15) is 46.5 Å². The average Bonchev–Trinajstić information content (AvgIpc) is 2.15. The van der Waals surface area contributed by atoms with Gasteiger partial charge in [-0.25, -0.2) is 0 Å². The van der Waals surface area contributed by atoms with Gasteiger partial charge in [0.1, 0.15) is 6.10 Å². The van der Waals surface area contributed by atoms with E-state index in [1.807, 2.05) is 20.8 Å². The number of carbonyl (C=O) groups is 1. The Hall–Kier alpha value is -0.610. The molecule has 4 nitrogen and oxygen atoms in total. The number of carbonyl (C=O) groups excluding carboxylic acids is 1. The lowest BCUT2D eigenvalue weighted by Gasteiger charge is -2.31. The maximum atomic E-state index is 11.8. The zero-order valence-corrected chi connectivity index (χ0v) is 10.3. The highest BCUT2D eigenvalue weighted by Crippen LogP contribution is 2.27. The SMILES string of the molecule is CCC(C)(C)C(=O)OC1CC(O)CC(O)C1.